The molecule has 0 aliphatic carbocycles. The molecule has 0 spiro atoms. The van der Waals surface area contributed by atoms with Crippen molar-refractivity contribution in [2.45, 2.75) is 65.1 Å². The summed E-state index contributed by atoms with van der Waals surface area (Å²) in [6, 6.07) is -0.167. The third kappa shape index (κ3) is 7.66. The van der Waals surface area contributed by atoms with Crippen LogP contribution in [-0.2, 0) is 23.8 Å². The van der Waals surface area contributed by atoms with Crippen molar-refractivity contribution in [1.82, 2.24) is 5.06 Å². The molecule has 0 aromatic rings. The molecular weight excluding hydrogens is 362 g/mol. The predicted octanol–water partition coefficient (Wildman–Crippen LogP) is 3.11. The van der Waals surface area contributed by atoms with Crippen LogP contribution in [0.2, 0.25) is 19.6 Å². The average Bonchev–Trinajstić information content (AvgIpc) is 2.57. The molecule has 0 saturated carbocycles. The van der Waals surface area contributed by atoms with Gasteiger partial charge in [0.15, 0.2) is 6.29 Å². The Morgan fingerprint density at radius 3 is 2.59 bits per heavy atom. The summed E-state index contributed by atoms with van der Waals surface area (Å²) in [5.41, 5.74) is 3.48. The van der Waals surface area contributed by atoms with Crippen LogP contribution < -0.4 is 0 Å². The summed E-state index contributed by atoms with van der Waals surface area (Å²) in [5, 5.41) is 1.64. The molecule has 1 unspecified atom stereocenters. The Balaban J connectivity index is 1.95. The van der Waals surface area contributed by atoms with Crippen LogP contribution in [0, 0.1) is 16.9 Å². The highest BCUT2D eigenvalue weighted by molar-refractivity contribution is 6.83. The molecule has 7 heteroatoms. The average molecular weight is 396 g/mol. The van der Waals surface area contributed by atoms with E-state index in [-0.39, 0.29) is 17.7 Å². The van der Waals surface area contributed by atoms with Gasteiger partial charge >= 0.3 is 5.97 Å². The Bertz CT molecular complexity index is 604. The van der Waals surface area contributed by atoms with Crippen LogP contribution in [0.1, 0.15) is 33.1 Å². The summed E-state index contributed by atoms with van der Waals surface area (Å²) in [5.74, 6) is 3.51. The highest BCUT2D eigenvalue weighted by Gasteiger charge is 2.30. The van der Waals surface area contributed by atoms with E-state index in [1.165, 1.54) is 6.08 Å². The van der Waals surface area contributed by atoms with Crippen molar-refractivity contribution in [2.24, 2.45) is 5.41 Å². The van der Waals surface area contributed by atoms with Crippen molar-refractivity contribution < 1.29 is 23.8 Å². The second kappa shape index (κ2) is 9.24. The van der Waals surface area contributed by atoms with Gasteiger partial charge in [-0.15, -0.1) is 10.6 Å². The maximum Gasteiger partial charge on any atom is 0.353 e. The summed E-state index contributed by atoms with van der Waals surface area (Å²) in [6.45, 7) is 12.7. The Labute approximate surface area is 164 Å². The smallest absolute Gasteiger partial charge is 0.353 e. The molecule has 2 aliphatic rings. The molecule has 0 aromatic heterocycles. The van der Waals surface area contributed by atoms with E-state index in [4.69, 9.17) is 19.0 Å². The van der Waals surface area contributed by atoms with Gasteiger partial charge in [-0.05, 0) is 19.3 Å². The number of ether oxygens (including phenoxy) is 3. The molecule has 0 N–H and O–H groups in total. The van der Waals surface area contributed by atoms with Crippen LogP contribution >= 0.6 is 0 Å². The van der Waals surface area contributed by atoms with Gasteiger partial charge in [0.25, 0.3) is 0 Å². The van der Waals surface area contributed by atoms with Gasteiger partial charge in [0.05, 0.1) is 32.9 Å². The number of nitrogens with zero attached hydrogens (tertiary/aromatic N) is 1. The second-order valence-corrected chi connectivity index (χ2v) is 13.7. The minimum absolute atomic E-state index is 0.0761. The standard InChI is InChI=1S/C20H33NO5Si/c1-20(2)14-24-19(25-15-20)9-7-8-16(10-11-27(4,5)6)21-13-17(23-3)12-18(22)26-21/h12,16,19H,7-9,13-15H2,1-6H3. The van der Waals surface area contributed by atoms with E-state index in [0.717, 1.165) is 19.3 Å². The molecule has 27 heavy (non-hydrogen) atoms. The molecule has 0 radical (unpaired) electrons. The molecule has 0 amide bonds. The van der Waals surface area contributed by atoms with E-state index < -0.39 is 14.0 Å². The zero-order chi connectivity index (χ0) is 20.1. The van der Waals surface area contributed by atoms with Crippen molar-refractivity contribution in [3.8, 4) is 11.5 Å². The molecule has 1 fully saturated rings. The lowest BCUT2D eigenvalue weighted by Crippen LogP contribution is -2.41. The van der Waals surface area contributed by atoms with Crippen LogP contribution in [0.4, 0.5) is 0 Å². The number of carbonyl (C=O) groups excluding carboxylic acids is 1. The highest BCUT2D eigenvalue weighted by atomic mass is 28.3. The van der Waals surface area contributed by atoms with Crippen LogP contribution in [0.15, 0.2) is 11.8 Å². The third-order valence-electron chi connectivity index (χ3n) is 4.26. The minimum atomic E-state index is -1.54. The monoisotopic (exact) mass is 395 g/mol. The first-order valence-electron chi connectivity index (χ1n) is 9.57. The van der Waals surface area contributed by atoms with E-state index in [9.17, 15) is 4.79 Å². The van der Waals surface area contributed by atoms with Gasteiger partial charge in [-0.3, -0.25) is 0 Å². The summed E-state index contributed by atoms with van der Waals surface area (Å²) < 4.78 is 16.9. The van der Waals surface area contributed by atoms with Crippen LogP contribution in [0.5, 0.6) is 0 Å². The van der Waals surface area contributed by atoms with Crippen LogP contribution in [-0.4, -0.2) is 58.3 Å². The number of hydrogen-bond acceptors (Lipinski definition) is 6. The quantitative estimate of drug-likeness (QED) is 0.509. The Morgan fingerprint density at radius 2 is 2.00 bits per heavy atom. The van der Waals surface area contributed by atoms with E-state index in [2.05, 4.69) is 45.0 Å². The third-order valence-corrected chi connectivity index (χ3v) is 5.15. The Morgan fingerprint density at radius 1 is 1.33 bits per heavy atom. The largest absolute Gasteiger partial charge is 0.499 e. The van der Waals surface area contributed by atoms with Gasteiger partial charge in [-0.2, -0.15) is 0 Å². The second-order valence-electron chi connectivity index (χ2n) is 8.98. The number of hydroxylamine groups is 2. The number of hydrogen-bond donors (Lipinski definition) is 0. The molecule has 2 rings (SSSR count). The molecule has 0 bridgehead atoms. The van der Waals surface area contributed by atoms with E-state index in [0.29, 0.717) is 25.5 Å². The fraction of sp³-hybridized carbons (Fsp3) is 0.750. The zero-order valence-corrected chi connectivity index (χ0v) is 18.5. The molecular formula is C20H33NO5Si. The first-order chi connectivity index (χ1) is 12.6. The highest BCUT2D eigenvalue weighted by Crippen LogP contribution is 2.25. The number of rotatable bonds is 6. The van der Waals surface area contributed by atoms with Crippen molar-refractivity contribution in [3.05, 3.63) is 11.8 Å². The zero-order valence-electron chi connectivity index (χ0n) is 17.5. The van der Waals surface area contributed by atoms with Crippen molar-refractivity contribution in [1.29, 1.82) is 0 Å². The Kier molecular flexibility index (Phi) is 7.52. The van der Waals surface area contributed by atoms with Gasteiger partial charge in [-0.25, -0.2) is 4.79 Å². The number of carbonyl (C=O) groups is 1. The minimum Gasteiger partial charge on any atom is -0.499 e. The van der Waals surface area contributed by atoms with E-state index in [1.54, 1.807) is 12.2 Å². The maximum absolute atomic E-state index is 11.8. The molecule has 2 heterocycles. The Hall–Kier alpha value is -1.33. The van der Waals surface area contributed by atoms with Crippen molar-refractivity contribution in [2.75, 3.05) is 26.9 Å². The van der Waals surface area contributed by atoms with Gasteiger partial charge in [-0.1, -0.05) is 39.4 Å². The molecule has 0 aromatic carbocycles. The summed E-state index contributed by atoms with van der Waals surface area (Å²) in [6.07, 6.45) is 3.66. The van der Waals surface area contributed by atoms with E-state index in [1.807, 2.05) is 0 Å². The SMILES string of the molecule is COC1=CC(=O)ON(C(C#C[Si](C)(C)C)CCCC2OCC(C)(C)CO2)C1. The number of methoxy groups -OCH3 is 1. The lowest BCUT2D eigenvalue weighted by molar-refractivity contribution is -0.225. The topological polar surface area (TPSA) is 57.2 Å². The lowest BCUT2D eigenvalue weighted by atomic mass is 9.95. The van der Waals surface area contributed by atoms with Crippen LogP contribution in [0.25, 0.3) is 0 Å². The lowest BCUT2D eigenvalue weighted by Gasteiger charge is -2.35. The molecule has 1 atom stereocenters. The molecule has 1 saturated heterocycles. The first kappa shape index (κ1) is 22.0. The van der Waals surface area contributed by atoms with Crippen LogP contribution in [0.3, 0.4) is 0 Å². The summed E-state index contributed by atoms with van der Waals surface area (Å²) in [4.78, 5) is 17.2. The van der Waals surface area contributed by atoms with Crippen molar-refractivity contribution in [3.63, 3.8) is 0 Å². The van der Waals surface area contributed by atoms with E-state index >= 15 is 0 Å². The normalized spacial score (nSPS) is 22.3. The van der Waals surface area contributed by atoms with Gasteiger partial charge < -0.3 is 19.0 Å². The van der Waals surface area contributed by atoms with Gasteiger partial charge in [0.1, 0.15) is 19.9 Å². The summed E-state index contributed by atoms with van der Waals surface area (Å²) >= 11 is 0. The van der Waals surface area contributed by atoms with Gasteiger partial charge in [0.2, 0.25) is 0 Å². The van der Waals surface area contributed by atoms with Gasteiger partial charge in [0, 0.05) is 5.41 Å². The fourth-order valence-electron chi connectivity index (χ4n) is 2.76. The predicted molar refractivity (Wildman–Crippen MR) is 106 cm³/mol. The fourth-order valence-corrected chi connectivity index (χ4v) is 3.36. The maximum atomic E-state index is 11.8. The van der Waals surface area contributed by atoms with Crippen molar-refractivity contribution >= 4 is 14.0 Å². The molecule has 2 aliphatic heterocycles. The summed E-state index contributed by atoms with van der Waals surface area (Å²) in [7, 11) is 0.0232. The first-order valence-corrected chi connectivity index (χ1v) is 13.1. The molecule has 152 valence electrons. The molecule has 6 nitrogen and oxygen atoms in total.